The van der Waals surface area contributed by atoms with Crippen LogP contribution in [0.15, 0.2) is 12.3 Å². The van der Waals surface area contributed by atoms with Crippen LogP contribution in [0.4, 0.5) is 13.2 Å². The van der Waals surface area contributed by atoms with Crippen LogP contribution >= 0.6 is 11.3 Å². The van der Waals surface area contributed by atoms with E-state index in [9.17, 15) is 28.2 Å². The number of piperidine rings is 1. The van der Waals surface area contributed by atoms with E-state index in [0.29, 0.717) is 19.2 Å². The number of amides is 1. The standard InChI is InChI=1S/C17H17F3N2O3S/c1-7-5-22(6-8(2)14(7)23)17(25)11-4-21-16(26-11)9-3-10(18)13(20)15(24)12(9)19/h3-4,7-8,14,23-24H,5-6H2,1-2H3/t7-,8+,14?. The van der Waals surface area contributed by atoms with Crippen molar-refractivity contribution in [1.82, 2.24) is 9.88 Å². The average Bonchev–Trinajstić information content (AvgIpc) is 3.09. The second-order valence-electron chi connectivity index (χ2n) is 6.57. The molecule has 9 heteroatoms. The zero-order chi connectivity index (χ0) is 19.2. The fraction of sp³-hybridized carbons (Fsp3) is 0.412. The van der Waals surface area contributed by atoms with E-state index in [1.807, 2.05) is 13.8 Å². The zero-order valence-corrected chi connectivity index (χ0v) is 14.9. The highest BCUT2D eigenvalue weighted by Crippen LogP contribution is 2.35. The first-order valence-corrected chi connectivity index (χ1v) is 8.82. The Labute approximate surface area is 151 Å². The van der Waals surface area contributed by atoms with Crippen LogP contribution in [0.3, 0.4) is 0 Å². The van der Waals surface area contributed by atoms with Gasteiger partial charge in [-0.1, -0.05) is 13.8 Å². The van der Waals surface area contributed by atoms with E-state index in [4.69, 9.17) is 0 Å². The largest absolute Gasteiger partial charge is 0.503 e. The Morgan fingerprint density at radius 2 is 1.85 bits per heavy atom. The maximum Gasteiger partial charge on any atom is 0.265 e. The van der Waals surface area contributed by atoms with Gasteiger partial charge in [0.15, 0.2) is 17.4 Å². The minimum atomic E-state index is -1.67. The molecule has 1 aliphatic heterocycles. The third-order valence-electron chi connectivity index (χ3n) is 4.55. The number of hydrogen-bond acceptors (Lipinski definition) is 5. The second-order valence-corrected chi connectivity index (χ2v) is 7.60. The molecular weight excluding hydrogens is 369 g/mol. The summed E-state index contributed by atoms with van der Waals surface area (Å²) in [5.41, 5.74) is -0.416. The minimum absolute atomic E-state index is 0.0433. The lowest BCUT2D eigenvalue weighted by molar-refractivity contribution is -0.00333. The Morgan fingerprint density at radius 3 is 2.46 bits per heavy atom. The molecule has 0 aliphatic carbocycles. The summed E-state index contributed by atoms with van der Waals surface area (Å²) in [5, 5.41) is 19.3. The van der Waals surface area contributed by atoms with Gasteiger partial charge in [-0.05, 0) is 17.9 Å². The maximum atomic E-state index is 14.0. The highest BCUT2D eigenvalue weighted by Gasteiger charge is 2.33. The number of halogens is 3. The molecule has 1 unspecified atom stereocenters. The SMILES string of the molecule is C[C@@H]1CN(C(=O)c2cnc(-c3cc(F)c(F)c(O)c3F)s2)C[C@H](C)C1O. The maximum absolute atomic E-state index is 14.0. The molecule has 1 aliphatic rings. The molecule has 1 amide bonds. The number of carbonyl (C=O) groups excluding carboxylic acids is 1. The molecule has 26 heavy (non-hydrogen) atoms. The molecule has 1 aromatic carbocycles. The van der Waals surface area contributed by atoms with Crippen molar-refractivity contribution in [3.05, 3.63) is 34.6 Å². The molecule has 1 saturated heterocycles. The Balaban J connectivity index is 1.88. The lowest BCUT2D eigenvalue weighted by atomic mass is 9.88. The fourth-order valence-electron chi connectivity index (χ4n) is 3.11. The van der Waals surface area contributed by atoms with Crippen molar-refractivity contribution in [1.29, 1.82) is 0 Å². The van der Waals surface area contributed by atoms with E-state index in [1.165, 1.54) is 6.20 Å². The van der Waals surface area contributed by atoms with Crippen molar-refractivity contribution in [2.24, 2.45) is 11.8 Å². The lowest BCUT2D eigenvalue weighted by Gasteiger charge is -2.38. The first-order valence-electron chi connectivity index (χ1n) is 8.00. The third-order valence-corrected chi connectivity index (χ3v) is 5.57. The zero-order valence-electron chi connectivity index (χ0n) is 14.0. The van der Waals surface area contributed by atoms with Crippen molar-refractivity contribution in [2.75, 3.05) is 13.1 Å². The predicted molar refractivity (Wildman–Crippen MR) is 89.3 cm³/mol. The van der Waals surface area contributed by atoms with Gasteiger partial charge in [-0.25, -0.2) is 13.8 Å². The van der Waals surface area contributed by atoms with Gasteiger partial charge < -0.3 is 15.1 Å². The molecule has 3 atom stereocenters. The molecule has 2 N–H and O–H groups in total. The first kappa shape index (κ1) is 18.7. The molecule has 0 radical (unpaired) electrons. The molecule has 1 fully saturated rings. The summed E-state index contributed by atoms with van der Waals surface area (Å²) < 4.78 is 40.7. The van der Waals surface area contributed by atoms with Crippen LogP contribution in [0, 0.1) is 29.3 Å². The normalized spacial score (nSPS) is 23.3. The number of rotatable bonds is 2. The van der Waals surface area contributed by atoms with E-state index >= 15 is 0 Å². The van der Waals surface area contributed by atoms with Gasteiger partial charge in [-0.2, -0.15) is 4.39 Å². The number of carbonyl (C=O) groups is 1. The fourth-order valence-corrected chi connectivity index (χ4v) is 4.01. The summed E-state index contributed by atoms with van der Waals surface area (Å²) in [6.07, 6.45) is 0.746. The first-order chi connectivity index (χ1) is 12.2. The van der Waals surface area contributed by atoms with Gasteiger partial charge in [0, 0.05) is 13.1 Å². The van der Waals surface area contributed by atoms with Crippen molar-refractivity contribution < 1.29 is 28.2 Å². The highest BCUT2D eigenvalue weighted by atomic mass is 32.1. The van der Waals surface area contributed by atoms with Crippen molar-refractivity contribution in [2.45, 2.75) is 20.0 Å². The van der Waals surface area contributed by atoms with Crippen LogP contribution in [0.25, 0.3) is 10.6 Å². The quantitative estimate of drug-likeness (QED) is 0.779. The van der Waals surface area contributed by atoms with E-state index in [1.54, 1.807) is 4.90 Å². The van der Waals surface area contributed by atoms with Gasteiger partial charge in [0.25, 0.3) is 5.91 Å². The number of phenols is 1. The van der Waals surface area contributed by atoms with Gasteiger partial charge in [0.2, 0.25) is 5.82 Å². The Bertz CT molecular complexity index is 846. The monoisotopic (exact) mass is 386 g/mol. The summed E-state index contributed by atoms with van der Waals surface area (Å²) in [6, 6.07) is 0.596. The van der Waals surface area contributed by atoms with E-state index in [2.05, 4.69) is 4.98 Å². The third kappa shape index (κ3) is 3.16. The number of aromatic nitrogens is 1. The lowest BCUT2D eigenvalue weighted by Crippen LogP contribution is -2.49. The molecule has 5 nitrogen and oxygen atoms in total. The van der Waals surface area contributed by atoms with Crippen molar-refractivity contribution >= 4 is 17.2 Å². The highest BCUT2D eigenvalue weighted by molar-refractivity contribution is 7.16. The van der Waals surface area contributed by atoms with Crippen molar-refractivity contribution in [3.8, 4) is 16.3 Å². The summed E-state index contributed by atoms with van der Waals surface area (Å²) in [6.45, 7) is 4.44. The summed E-state index contributed by atoms with van der Waals surface area (Å²) in [4.78, 5) is 18.4. The summed E-state index contributed by atoms with van der Waals surface area (Å²) in [5.74, 6) is -6.34. The van der Waals surface area contributed by atoms with Crippen LogP contribution in [0.2, 0.25) is 0 Å². The van der Waals surface area contributed by atoms with Gasteiger partial charge >= 0.3 is 0 Å². The number of benzene rings is 1. The number of phenolic OH excluding ortho intramolecular Hbond substituents is 1. The molecule has 140 valence electrons. The minimum Gasteiger partial charge on any atom is -0.503 e. The molecule has 1 aromatic heterocycles. The Morgan fingerprint density at radius 1 is 1.23 bits per heavy atom. The number of hydrogen-bond donors (Lipinski definition) is 2. The van der Waals surface area contributed by atoms with Crippen LogP contribution in [0.1, 0.15) is 23.5 Å². The smallest absolute Gasteiger partial charge is 0.265 e. The van der Waals surface area contributed by atoms with Gasteiger partial charge in [0.1, 0.15) is 9.88 Å². The second kappa shape index (κ2) is 6.88. The molecular formula is C17H17F3N2O3S. The molecule has 2 aromatic rings. The van der Waals surface area contributed by atoms with E-state index in [-0.39, 0.29) is 27.6 Å². The van der Waals surface area contributed by atoms with Crippen LogP contribution in [0.5, 0.6) is 5.75 Å². The van der Waals surface area contributed by atoms with Crippen LogP contribution in [-0.4, -0.2) is 45.2 Å². The van der Waals surface area contributed by atoms with Gasteiger partial charge in [0.05, 0.1) is 17.9 Å². The molecule has 0 spiro atoms. The number of nitrogens with zero attached hydrogens (tertiary/aromatic N) is 2. The van der Waals surface area contributed by atoms with E-state index < -0.39 is 34.9 Å². The van der Waals surface area contributed by atoms with Crippen LogP contribution in [-0.2, 0) is 0 Å². The molecule has 2 heterocycles. The van der Waals surface area contributed by atoms with Gasteiger partial charge in [-0.15, -0.1) is 11.3 Å². The van der Waals surface area contributed by atoms with Gasteiger partial charge in [-0.3, -0.25) is 4.79 Å². The number of aliphatic hydroxyl groups is 1. The average molecular weight is 386 g/mol. The number of aromatic hydroxyl groups is 1. The summed E-state index contributed by atoms with van der Waals surface area (Å²) in [7, 11) is 0. The van der Waals surface area contributed by atoms with E-state index in [0.717, 1.165) is 11.3 Å². The number of thiazole rings is 1. The topological polar surface area (TPSA) is 73.7 Å². The number of aliphatic hydroxyl groups excluding tert-OH is 1. The Hall–Kier alpha value is -2.13. The number of likely N-dealkylation sites (tertiary alicyclic amines) is 1. The van der Waals surface area contributed by atoms with Crippen molar-refractivity contribution in [3.63, 3.8) is 0 Å². The molecule has 0 bridgehead atoms. The van der Waals surface area contributed by atoms with Crippen LogP contribution < -0.4 is 0 Å². The molecule has 3 rings (SSSR count). The molecule has 0 saturated carbocycles. The Kier molecular flexibility index (Phi) is 4.94. The summed E-state index contributed by atoms with van der Waals surface area (Å²) >= 11 is 0.823. The predicted octanol–water partition coefficient (Wildman–Crippen LogP) is 3.02.